The van der Waals surface area contributed by atoms with Crippen LogP contribution < -0.4 is 4.72 Å². The molecular weight excluding hydrogens is 374 g/mol. The van der Waals surface area contributed by atoms with Crippen molar-refractivity contribution in [2.45, 2.75) is 11.8 Å². The number of morpholine rings is 1. The molecule has 0 amide bonds. The lowest BCUT2D eigenvalue weighted by Gasteiger charge is -2.34. The fraction of sp³-hybridized carbons (Fsp3) is 0.444. The Morgan fingerprint density at radius 1 is 1.19 bits per heavy atom. The molecule has 1 aliphatic heterocycles. The molecule has 0 spiro atoms. The van der Waals surface area contributed by atoms with Gasteiger partial charge in [0.15, 0.2) is 0 Å². The molecule has 2 aromatic rings. The second-order valence-corrected chi connectivity index (χ2v) is 8.69. The topological polar surface area (TPSA) is 63.6 Å². The van der Waals surface area contributed by atoms with E-state index < -0.39 is 10.0 Å². The first-order chi connectivity index (χ1) is 12.4. The van der Waals surface area contributed by atoms with E-state index in [1.807, 2.05) is 29.9 Å². The number of benzene rings is 1. The highest BCUT2D eigenvalue weighted by molar-refractivity contribution is 7.88. The van der Waals surface area contributed by atoms with Crippen LogP contribution in [0.4, 0.5) is 0 Å². The number of sulfonamides is 1. The van der Waals surface area contributed by atoms with Gasteiger partial charge in [-0.1, -0.05) is 23.7 Å². The molecule has 1 aromatic carbocycles. The van der Waals surface area contributed by atoms with E-state index in [0.717, 1.165) is 18.8 Å². The average Bonchev–Trinajstić information content (AvgIpc) is 3.04. The molecule has 1 saturated heterocycles. The summed E-state index contributed by atoms with van der Waals surface area (Å²) in [5, 5.41) is 0.593. The van der Waals surface area contributed by atoms with Crippen LogP contribution in [-0.4, -0.2) is 50.7 Å². The van der Waals surface area contributed by atoms with Gasteiger partial charge in [-0.2, -0.15) is 0 Å². The SMILES string of the molecule is Cn1cccc1C(CNS(=O)(=O)Cc1ccc(Cl)cc1)N1CCOCC1. The third kappa shape index (κ3) is 5.08. The van der Waals surface area contributed by atoms with E-state index in [0.29, 0.717) is 30.3 Å². The van der Waals surface area contributed by atoms with Crippen LogP contribution in [0.15, 0.2) is 42.6 Å². The molecule has 8 heteroatoms. The number of hydrogen-bond acceptors (Lipinski definition) is 4. The molecule has 2 heterocycles. The maximum atomic E-state index is 12.5. The Labute approximate surface area is 159 Å². The first-order valence-corrected chi connectivity index (χ1v) is 10.6. The Morgan fingerprint density at radius 2 is 1.88 bits per heavy atom. The molecule has 1 atom stereocenters. The van der Waals surface area contributed by atoms with Gasteiger partial charge in [-0.25, -0.2) is 13.1 Å². The predicted octanol–water partition coefficient (Wildman–Crippen LogP) is 2.17. The summed E-state index contributed by atoms with van der Waals surface area (Å²) in [4.78, 5) is 2.27. The highest BCUT2D eigenvalue weighted by Gasteiger charge is 2.26. The first-order valence-electron chi connectivity index (χ1n) is 8.59. The minimum absolute atomic E-state index is 0.0288. The van der Waals surface area contributed by atoms with E-state index in [9.17, 15) is 8.42 Å². The van der Waals surface area contributed by atoms with Gasteiger partial charge in [-0.3, -0.25) is 4.90 Å². The second-order valence-electron chi connectivity index (χ2n) is 6.44. The molecular formula is C18H24ClN3O3S. The fourth-order valence-corrected chi connectivity index (χ4v) is 4.46. The molecule has 0 radical (unpaired) electrons. The van der Waals surface area contributed by atoms with Crippen LogP contribution in [0.25, 0.3) is 0 Å². The lowest BCUT2D eigenvalue weighted by Crippen LogP contribution is -2.44. The normalized spacial score (nSPS) is 17.3. The molecule has 1 N–H and O–H groups in total. The van der Waals surface area contributed by atoms with Crippen molar-refractivity contribution in [3.63, 3.8) is 0 Å². The summed E-state index contributed by atoms with van der Waals surface area (Å²) in [6, 6.07) is 10.9. The lowest BCUT2D eigenvalue weighted by molar-refractivity contribution is 0.0158. The molecule has 3 rings (SSSR count). The molecule has 1 aromatic heterocycles. The zero-order valence-corrected chi connectivity index (χ0v) is 16.3. The molecule has 0 bridgehead atoms. The van der Waals surface area contributed by atoms with Gasteiger partial charge < -0.3 is 9.30 Å². The average molecular weight is 398 g/mol. The summed E-state index contributed by atoms with van der Waals surface area (Å²) >= 11 is 5.86. The van der Waals surface area contributed by atoms with Crippen LogP contribution in [0, 0.1) is 0 Å². The summed E-state index contributed by atoms with van der Waals surface area (Å²) in [7, 11) is -1.47. The highest BCUT2D eigenvalue weighted by Crippen LogP contribution is 2.22. The van der Waals surface area contributed by atoms with E-state index in [1.165, 1.54) is 0 Å². The standard InChI is InChI=1S/C18H24ClN3O3S/c1-21-8-2-3-17(21)18(22-9-11-25-12-10-22)13-20-26(23,24)14-15-4-6-16(19)7-5-15/h2-8,18,20H,9-14H2,1H3. The van der Waals surface area contributed by atoms with E-state index in [2.05, 4.69) is 9.62 Å². The van der Waals surface area contributed by atoms with Gasteiger partial charge in [0.05, 0.1) is 25.0 Å². The number of halogens is 1. The van der Waals surface area contributed by atoms with Gasteiger partial charge in [-0.15, -0.1) is 0 Å². The minimum atomic E-state index is -3.45. The number of aromatic nitrogens is 1. The Balaban J connectivity index is 1.70. The van der Waals surface area contributed by atoms with Crippen molar-refractivity contribution in [3.05, 3.63) is 58.9 Å². The van der Waals surface area contributed by atoms with Gasteiger partial charge in [0, 0.05) is 43.6 Å². The number of hydrogen-bond donors (Lipinski definition) is 1. The minimum Gasteiger partial charge on any atom is -0.379 e. The van der Waals surface area contributed by atoms with Crippen LogP contribution in [0.2, 0.25) is 5.02 Å². The third-order valence-corrected chi connectivity index (χ3v) is 6.15. The van der Waals surface area contributed by atoms with Crippen molar-refractivity contribution >= 4 is 21.6 Å². The monoisotopic (exact) mass is 397 g/mol. The van der Waals surface area contributed by atoms with Crippen LogP contribution in [0.5, 0.6) is 0 Å². The number of rotatable bonds is 7. The van der Waals surface area contributed by atoms with Crippen LogP contribution in [0.3, 0.4) is 0 Å². The predicted molar refractivity (Wildman–Crippen MR) is 103 cm³/mol. The summed E-state index contributed by atoms with van der Waals surface area (Å²) in [6.45, 7) is 3.23. The van der Waals surface area contributed by atoms with Crippen LogP contribution in [-0.2, 0) is 27.6 Å². The fourth-order valence-electron chi connectivity index (χ4n) is 3.19. The highest BCUT2D eigenvalue weighted by atomic mass is 35.5. The maximum Gasteiger partial charge on any atom is 0.215 e. The summed E-state index contributed by atoms with van der Waals surface area (Å²) in [5.41, 5.74) is 1.80. The molecule has 1 fully saturated rings. The molecule has 142 valence electrons. The van der Waals surface area contributed by atoms with E-state index in [-0.39, 0.29) is 11.8 Å². The van der Waals surface area contributed by atoms with Crippen molar-refractivity contribution in [3.8, 4) is 0 Å². The Hall–Kier alpha value is -1.38. The Bertz CT molecular complexity index is 814. The molecule has 26 heavy (non-hydrogen) atoms. The molecule has 0 aliphatic carbocycles. The molecule has 0 saturated carbocycles. The smallest absolute Gasteiger partial charge is 0.215 e. The van der Waals surface area contributed by atoms with Crippen molar-refractivity contribution < 1.29 is 13.2 Å². The van der Waals surface area contributed by atoms with Gasteiger partial charge in [0.2, 0.25) is 10.0 Å². The van der Waals surface area contributed by atoms with E-state index in [4.69, 9.17) is 16.3 Å². The van der Waals surface area contributed by atoms with Gasteiger partial charge in [0.1, 0.15) is 0 Å². The van der Waals surface area contributed by atoms with E-state index >= 15 is 0 Å². The van der Waals surface area contributed by atoms with Crippen molar-refractivity contribution in [2.75, 3.05) is 32.8 Å². The molecule has 1 aliphatic rings. The number of nitrogens with one attached hydrogen (secondary N) is 1. The summed E-state index contributed by atoms with van der Waals surface area (Å²) in [6.07, 6.45) is 1.98. The Kier molecular flexibility index (Phi) is 6.37. The van der Waals surface area contributed by atoms with E-state index in [1.54, 1.807) is 24.3 Å². The van der Waals surface area contributed by atoms with Gasteiger partial charge in [0.25, 0.3) is 0 Å². The van der Waals surface area contributed by atoms with Crippen LogP contribution >= 0.6 is 11.6 Å². The van der Waals surface area contributed by atoms with Crippen molar-refractivity contribution in [2.24, 2.45) is 7.05 Å². The third-order valence-electron chi connectivity index (χ3n) is 4.58. The first kappa shape index (κ1) is 19.4. The Morgan fingerprint density at radius 3 is 2.50 bits per heavy atom. The van der Waals surface area contributed by atoms with Gasteiger partial charge in [-0.05, 0) is 29.8 Å². The number of nitrogens with zero attached hydrogens (tertiary/aromatic N) is 2. The summed E-state index contributed by atoms with van der Waals surface area (Å²) < 4.78 is 35.3. The van der Waals surface area contributed by atoms with Crippen LogP contribution in [0.1, 0.15) is 17.3 Å². The molecule has 1 unspecified atom stereocenters. The zero-order chi connectivity index (χ0) is 18.6. The second kappa shape index (κ2) is 8.54. The van der Waals surface area contributed by atoms with Crippen molar-refractivity contribution in [1.29, 1.82) is 0 Å². The quantitative estimate of drug-likeness (QED) is 0.777. The lowest BCUT2D eigenvalue weighted by atomic mass is 10.1. The number of ether oxygens (including phenoxy) is 1. The zero-order valence-electron chi connectivity index (χ0n) is 14.8. The van der Waals surface area contributed by atoms with Crippen molar-refractivity contribution in [1.82, 2.24) is 14.2 Å². The number of aryl methyl sites for hydroxylation is 1. The molecule has 6 nitrogen and oxygen atoms in total. The largest absolute Gasteiger partial charge is 0.379 e. The maximum absolute atomic E-state index is 12.5. The van der Waals surface area contributed by atoms with Gasteiger partial charge >= 0.3 is 0 Å². The summed E-state index contributed by atoms with van der Waals surface area (Å²) in [5.74, 6) is -0.0624.